The lowest BCUT2D eigenvalue weighted by molar-refractivity contribution is -0.122. The molecule has 0 saturated carbocycles. The van der Waals surface area contributed by atoms with E-state index in [1.807, 2.05) is 26.0 Å². The highest BCUT2D eigenvalue weighted by molar-refractivity contribution is 5.81. The van der Waals surface area contributed by atoms with E-state index in [1.54, 1.807) is 6.92 Å². The fourth-order valence-electron chi connectivity index (χ4n) is 1.42. The fraction of sp³-hybridized carbons (Fsp3) is 0.583. The summed E-state index contributed by atoms with van der Waals surface area (Å²) in [6, 6.07) is 3.58. The van der Waals surface area contributed by atoms with Crippen molar-refractivity contribution >= 4 is 5.91 Å². The Morgan fingerprint density at radius 3 is 2.69 bits per heavy atom. The van der Waals surface area contributed by atoms with Crippen molar-refractivity contribution in [1.29, 1.82) is 0 Å². The van der Waals surface area contributed by atoms with Gasteiger partial charge in [0.15, 0.2) is 0 Å². The molecule has 0 aliphatic rings. The summed E-state index contributed by atoms with van der Waals surface area (Å²) in [5.74, 6) is 1.77. The van der Waals surface area contributed by atoms with Gasteiger partial charge in [0.05, 0.1) is 6.04 Å². The zero-order valence-corrected chi connectivity index (χ0v) is 10.1. The van der Waals surface area contributed by atoms with Gasteiger partial charge in [0.2, 0.25) is 5.91 Å². The zero-order valence-electron chi connectivity index (χ0n) is 10.1. The Bertz CT molecular complexity index is 345. The number of amides is 1. The van der Waals surface area contributed by atoms with Gasteiger partial charge in [-0.15, -0.1) is 0 Å². The first kappa shape index (κ1) is 12.8. The van der Waals surface area contributed by atoms with Crippen molar-refractivity contribution in [3.05, 3.63) is 23.7 Å². The summed E-state index contributed by atoms with van der Waals surface area (Å²) in [5.41, 5.74) is 5.46. The topological polar surface area (TPSA) is 68.3 Å². The van der Waals surface area contributed by atoms with E-state index in [2.05, 4.69) is 5.32 Å². The van der Waals surface area contributed by atoms with Gasteiger partial charge in [-0.05, 0) is 39.3 Å². The van der Waals surface area contributed by atoms with Crippen LogP contribution in [0.2, 0.25) is 0 Å². The van der Waals surface area contributed by atoms with Crippen LogP contribution in [0.1, 0.15) is 31.8 Å². The van der Waals surface area contributed by atoms with E-state index in [-0.39, 0.29) is 11.9 Å². The SMILES string of the molecule is Cc1ccc(CCC(C)NC(=O)C(C)N)o1. The molecule has 0 spiro atoms. The molecule has 0 aliphatic heterocycles. The van der Waals surface area contributed by atoms with Crippen LogP contribution in [0.15, 0.2) is 16.5 Å². The van der Waals surface area contributed by atoms with Gasteiger partial charge >= 0.3 is 0 Å². The summed E-state index contributed by atoms with van der Waals surface area (Å²) in [5, 5.41) is 2.85. The maximum Gasteiger partial charge on any atom is 0.236 e. The molecule has 1 amide bonds. The molecule has 0 fully saturated rings. The number of carbonyl (C=O) groups is 1. The van der Waals surface area contributed by atoms with Crippen LogP contribution >= 0.6 is 0 Å². The van der Waals surface area contributed by atoms with Crippen molar-refractivity contribution in [3.8, 4) is 0 Å². The molecule has 4 nitrogen and oxygen atoms in total. The summed E-state index contributed by atoms with van der Waals surface area (Å²) >= 11 is 0. The molecule has 0 saturated heterocycles. The van der Waals surface area contributed by atoms with E-state index in [4.69, 9.17) is 10.2 Å². The average molecular weight is 224 g/mol. The van der Waals surface area contributed by atoms with E-state index in [0.29, 0.717) is 0 Å². The highest BCUT2D eigenvalue weighted by Crippen LogP contribution is 2.09. The van der Waals surface area contributed by atoms with Gasteiger partial charge in [0.25, 0.3) is 0 Å². The third-order valence-electron chi connectivity index (χ3n) is 2.42. The van der Waals surface area contributed by atoms with Crippen molar-refractivity contribution < 1.29 is 9.21 Å². The van der Waals surface area contributed by atoms with Crippen LogP contribution < -0.4 is 11.1 Å². The molecular weight excluding hydrogens is 204 g/mol. The molecule has 90 valence electrons. The Kier molecular flexibility index (Phi) is 4.55. The molecule has 0 radical (unpaired) electrons. The van der Waals surface area contributed by atoms with Gasteiger partial charge in [-0.2, -0.15) is 0 Å². The maximum atomic E-state index is 11.3. The van der Waals surface area contributed by atoms with Gasteiger partial charge in [-0.25, -0.2) is 0 Å². The van der Waals surface area contributed by atoms with Crippen LogP contribution in [-0.2, 0) is 11.2 Å². The van der Waals surface area contributed by atoms with E-state index in [1.165, 1.54) is 0 Å². The average Bonchev–Trinajstić information content (AvgIpc) is 2.61. The maximum absolute atomic E-state index is 11.3. The molecule has 2 atom stereocenters. The molecule has 1 heterocycles. The summed E-state index contributed by atoms with van der Waals surface area (Å²) in [6.07, 6.45) is 1.68. The molecule has 4 heteroatoms. The number of nitrogens with one attached hydrogen (secondary N) is 1. The van der Waals surface area contributed by atoms with Gasteiger partial charge < -0.3 is 15.5 Å². The monoisotopic (exact) mass is 224 g/mol. The first-order valence-corrected chi connectivity index (χ1v) is 5.60. The first-order valence-electron chi connectivity index (χ1n) is 5.60. The van der Waals surface area contributed by atoms with Gasteiger partial charge in [-0.3, -0.25) is 4.79 Å². The third-order valence-corrected chi connectivity index (χ3v) is 2.42. The molecule has 3 N–H and O–H groups in total. The molecule has 16 heavy (non-hydrogen) atoms. The second kappa shape index (κ2) is 5.70. The Hall–Kier alpha value is -1.29. The minimum Gasteiger partial charge on any atom is -0.466 e. The molecule has 1 aromatic rings. The Balaban J connectivity index is 2.30. The van der Waals surface area contributed by atoms with Crippen LogP contribution in [0.25, 0.3) is 0 Å². The quantitative estimate of drug-likeness (QED) is 0.793. The summed E-state index contributed by atoms with van der Waals surface area (Å²) in [6.45, 7) is 5.57. The summed E-state index contributed by atoms with van der Waals surface area (Å²) in [4.78, 5) is 11.3. The number of aryl methyl sites for hydroxylation is 2. The van der Waals surface area contributed by atoms with E-state index < -0.39 is 6.04 Å². The summed E-state index contributed by atoms with van der Waals surface area (Å²) in [7, 11) is 0. The fourth-order valence-corrected chi connectivity index (χ4v) is 1.42. The van der Waals surface area contributed by atoms with Gasteiger partial charge in [0.1, 0.15) is 11.5 Å². The van der Waals surface area contributed by atoms with Crippen molar-refractivity contribution in [2.45, 2.75) is 45.7 Å². The van der Waals surface area contributed by atoms with Crippen molar-refractivity contribution in [2.24, 2.45) is 5.73 Å². The number of hydrogen-bond donors (Lipinski definition) is 2. The van der Waals surface area contributed by atoms with E-state index >= 15 is 0 Å². The van der Waals surface area contributed by atoms with Crippen LogP contribution in [0.4, 0.5) is 0 Å². The Morgan fingerprint density at radius 2 is 2.19 bits per heavy atom. The second-order valence-electron chi connectivity index (χ2n) is 4.25. The molecule has 2 unspecified atom stereocenters. The van der Waals surface area contributed by atoms with Gasteiger partial charge in [-0.1, -0.05) is 0 Å². The Labute approximate surface area is 96.2 Å². The van der Waals surface area contributed by atoms with Crippen LogP contribution in [0, 0.1) is 6.92 Å². The number of hydrogen-bond acceptors (Lipinski definition) is 3. The molecule has 0 bridgehead atoms. The third kappa shape index (κ3) is 4.06. The molecule has 0 aromatic carbocycles. The minimum atomic E-state index is -0.451. The number of rotatable bonds is 5. The van der Waals surface area contributed by atoms with Crippen molar-refractivity contribution in [2.75, 3.05) is 0 Å². The smallest absolute Gasteiger partial charge is 0.236 e. The molecular formula is C12H20N2O2. The first-order chi connectivity index (χ1) is 7.49. The Morgan fingerprint density at radius 1 is 1.50 bits per heavy atom. The normalized spacial score (nSPS) is 14.5. The summed E-state index contributed by atoms with van der Waals surface area (Å²) < 4.78 is 5.45. The van der Waals surface area contributed by atoms with Gasteiger partial charge in [0, 0.05) is 12.5 Å². The number of furan rings is 1. The molecule has 0 aliphatic carbocycles. The standard InChI is InChI=1S/C12H20N2O2/c1-8(14-12(15)10(3)13)4-6-11-7-5-9(2)16-11/h5,7-8,10H,4,6,13H2,1-3H3,(H,14,15). The van der Waals surface area contributed by atoms with E-state index in [0.717, 1.165) is 24.4 Å². The van der Waals surface area contributed by atoms with E-state index in [9.17, 15) is 4.79 Å². The number of nitrogens with two attached hydrogens (primary N) is 1. The van der Waals surface area contributed by atoms with Crippen LogP contribution in [-0.4, -0.2) is 18.0 Å². The van der Waals surface area contributed by atoms with Crippen LogP contribution in [0.3, 0.4) is 0 Å². The number of carbonyl (C=O) groups excluding carboxylic acids is 1. The van der Waals surface area contributed by atoms with Crippen molar-refractivity contribution in [3.63, 3.8) is 0 Å². The lowest BCUT2D eigenvalue weighted by atomic mass is 10.1. The predicted molar refractivity (Wildman–Crippen MR) is 63.0 cm³/mol. The molecule has 1 aromatic heterocycles. The van der Waals surface area contributed by atoms with Crippen LogP contribution in [0.5, 0.6) is 0 Å². The second-order valence-corrected chi connectivity index (χ2v) is 4.25. The lowest BCUT2D eigenvalue weighted by Gasteiger charge is -2.14. The highest BCUT2D eigenvalue weighted by Gasteiger charge is 2.11. The zero-order chi connectivity index (χ0) is 12.1. The lowest BCUT2D eigenvalue weighted by Crippen LogP contribution is -2.42. The van der Waals surface area contributed by atoms with Crippen molar-refractivity contribution in [1.82, 2.24) is 5.32 Å². The predicted octanol–water partition coefficient (Wildman–Crippen LogP) is 1.37. The largest absolute Gasteiger partial charge is 0.466 e. The minimum absolute atomic E-state index is 0.108. The highest BCUT2D eigenvalue weighted by atomic mass is 16.3. The molecule has 1 rings (SSSR count).